The highest BCUT2D eigenvalue weighted by atomic mass is 32.1. The summed E-state index contributed by atoms with van der Waals surface area (Å²) in [5.41, 5.74) is 4.87. The van der Waals surface area contributed by atoms with Crippen LogP contribution in [0.5, 0.6) is 5.75 Å². The molecule has 0 spiro atoms. The third kappa shape index (κ3) is 10.2. The molecule has 0 aliphatic carbocycles. The van der Waals surface area contributed by atoms with Gasteiger partial charge in [-0.3, -0.25) is 4.79 Å². The topological polar surface area (TPSA) is 124 Å². The number of hydrogen-bond donors (Lipinski definition) is 1. The molecule has 4 aromatic heterocycles. The maximum atomic E-state index is 11.3. The lowest BCUT2D eigenvalue weighted by atomic mass is 10.1. The molecule has 12 heteroatoms. The number of unbranched alkanes of at least 4 members (excludes halogenated alkanes) is 3. The first-order valence-electron chi connectivity index (χ1n) is 19.1. The van der Waals surface area contributed by atoms with Crippen LogP contribution in [-0.4, -0.2) is 24.2 Å². The van der Waals surface area contributed by atoms with E-state index in [9.17, 15) is 20.0 Å². The molecule has 3 aromatic carbocycles. The number of rotatable bonds is 18. The van der Waals surface area contributed by atoms with Crippen LogP contribution in [0.1, 0.15) is 42.4 Å². The number of carboxylic acids is 1. The number of allylic oxidation sites excluding steroid dienone is 1. The summed E-state index contributed by atoms with van der Waals surface area (Å²) < 4.78 is 10.8. The summed E-state index contributed by atoms with van der Waals surface area (Å²) in [6.45, 7) is 3.15. The van der Waals surface area contributed by atoms with Gasteiger partial charge in [0.15, 0.2) is 0 Å². The van der Waals surface area contributed by atoms with Crippen molar-refractivity contribution >= 4 is 87.0 Å². The summed E-state index contributed by atoms with van der Waals surface area (Å²) in [5.74, 6) is -0.442. The first kappa shape index (κ1) is 41.6. The van der Waals surface area contributed by atoms with E-state index in [0.717, 1.165) is 80.9 Å². The first-order valence-corrected chi connectivity index (χ1v) is 22.3. The van der Waals surface area contributed by atoms with Crippen molar-refractivity contribution in [2.75, 3.05) is 11.5 Å². The second-order valence-corrected chi connectivity index (χ2v) is 17.8. The molecule has 0 bridgehead atoms. The van der Waals surface area contributed by atoms with E-state index in [-0.39, 0.29) is 17.8 Å². The molecule has 0 atom stereocenters. The van der Waals surface area contributed by atoms with E-state index in [1.54, 1.807) is 34.8 Å². The lowest BCUT2D eigenvalue weighted by molar-refractivity contribution is -0.132. The van der Waals surface area contributed by atoms with Crippen molar-refractivity contribution in [1.82, 2.24) is 0 Å². The van der Waals surface area contributed by atoms with Crippen LogP contribution in [0, 0.1) is 22.7 Å². The SMILES string of the molecule is CCCCCCOc1ccc(N(c2ccc(-c3ccc(-c4ccc(/C=C(\C#N)OC=O)s4)s3)cc2)c2ccc(-c3ccc(-c4ccc(/C=C(\C#N)C(=O)O)s4)s3)cc2)cc1. The Kier molecular flexibility index (Phi) is 13.8. The van der Waals surface area contributed by atoms with Gasteiger partial charge in [-0.05, 0) is 121 Å². The lowest BCUT2D eigenvalue weighted by Crippen LogP contribution is -2.10. The molecule has 0 saturated carbocycles. The van der Waals surface area contributed by atoms with Crippen molar-refractivity contribution < 1.29 is 24.2 Å². The molecule has 8 nitrogen and oxygen atoms in total. The minimum absolute atomic E-state index is 0.0497. The molecule has 0 saturated heterocycles. The number of hydrogen-bond acceptors (Lipinski definition) is 11. The standard InChI is InChI=1S/C48H37N3O5S4/c1-2-3-4-5-26-55-38-16-14-37(15-17-38)51(35-10-6-32(7-11-35)42-22-24-46(59-42)44-20-18-40(57-44)27-34(29-49)48(53)54)36-12-8-33(9-13-36)43-23-25-47(60-43)45-21-19-41(58-45)28-39(30-50)56-31-52/h6-25,27-28,31H,2-5,26H2,1H3,(H,53,54)/b34-27+,39-28+. The molecule has 0 fully saturated rings. The fourth-order valence-corrected chi connectivity index (χ4v) is 10.4. The lowest BCUT2D eigenvalue weighted by Gasteiger charge is -2.26. The van der Waals surface area contributed by atoms with Gasteiger partial charge >= 0.3 is 5.97 Å². The van der Waals surface area contributed by atoms with Crippen LogP contribution in [0.15, 0.2) is 133 Å². The molecular weight excluding hydrogens is 827 g/mol. The zero-order valence-electron chi connectivity index (χ0n) is 32.4. The normalized spacial score (nSPS) is 11.4. The number of carbonyl (C=O) groups excluding carboxylic acids is 1. The third-order valence-electron chi connectivity index (χ3n) is 9.33. The number of carboxylic acid groups (broad SMARTS) is 1. The molecule has 7 rings (SSSR count). The van der Waals surface area contributed by atoms with E-state index in [1.807, 2.05) is 42.5 Å². The molecule has 0 aliphatic rings. The third-order valence-corrected chi connectivity index (χ3v) is 14.1. The summed E-state index contributed by atoms with van der Waals surface area (Å²) in [4.78, 5) is 32.2. The van der Waals surface area contributed by atoms with Crippen LogP contribution in [0.4, 0.5) is 17.1 Å². The Balaban J connectivity index is 1.13. The van der Waals surface area contributed by atoms with Gasteiger partial charge in [0.25, 0.3) is 6.47 Å². The minimum Gasteiger partial charge on any atom is -0.494 e. The van der Waals surface area contributed by atoms with Gasteiger partial charge in [-0.15, -0.1) is 45.3 Å². The summed E-state index contributed by atoms with van der Waals surface area (Å²) in [5, 5.41) is 27.6. The molecule has 7 aromatic rings. The summed E-state index contributed by atoms with van der Waals surface area (Å²) in [7, 11) is 0. The second-order valence-electron chi connectivity index (χ2n) is 13.4. The Bertz CT molecular complexity index is 2720. The largest absolute Gasteiger partial charge is 0.494 e. The number of anilines is 3. The van der Waals surface area contributed by atoms with Crippen LogP contribution in [0.2, 0.25) is 0 Å². The zero-order chi connectivity index (χ0) is 41.8. The number of carbonyl (C=O) groups is 2. The Morgan fingerprint density at radius 2 is 1.10 bits per heavy atom. The molecule has 0 amide bonds. The molecule has 0 unspecified atom stereocenters. The average Bonchev–Trinajstić information content (AvgIpc) is 4.12. The molecule has 0 aliphatic heterocycles. The number of ether oxygens (including phenoxy) is 2. The fourth-order valence-electron chi connectivity index (χ4n) is 6.34. The van der Waals surface area contributed by atoms with E-state index in [4.69, 9.17) is 14.7 Å². The van der Waals surface area contributed by atoms with Gasteiger partial charge in [-0.25, -0.2) is 4.79 Å². The van der Waals surface area contributed by atoms with Gasteiger partial charge in [0.2, 0.25) is 5.76 Å². The number of nitrogens with zero attached hydrogens (tertiary/aromatic N) is 3. The first-order chi connectivity index (χ1) is 29.3. The minimum atomic E-state index is -1.24. The summed E-state index contributed by atoms with van der Waals surface area (Å²) in [6.07, 6.45) is 7.56. The van der Waals surface area contributed by atoms with Gasteiger partial charge in [-0.2, -0.15) is 10.5 Å². The monoisotopic (exact) mass is 863 g/mol. The predicted molar refractivity (Wildman–Crippen MR) is 246 cm³/mol. The quantitative estimate of drug-likeness (QED) is 0.0297. The van der Waals surface area contributed by atoms with E-state index in [1.165, 1.54) is 41.6 Å². The van der Waals surface area contributed by atoms with Crippen molar-refractivity contribution in [3.8, 4) is 58.3 Å². The number of aliphatic carboxylic acids is 1. The van der Waals surface area contributed by atoms with E-state index in [0.29, 0.717) is 11.5 Å². The molecule has 298 valence electrons. The molecule has 60 heavy (non-hydrogen) atoms. The van der Waals surface area contributed by atoms with Crippen LogP contribution in [0.3, 0.4) is 0 Å². The van der Waals surface area contributed by atoms with Gasteiger partial charge in [0, 0.05) is 62.2 Å². The number of nitriles is 2. The Morgan fingerprint density at radius 3 is 1.58 bits per heavy atom. The Labute approximate surface area is 364 Å². The van der Waals surface area contributed by atoms with E-state index < -0.39 is 5.97 Å². The van der Waals surface area contributed by atoms with Crippen LogP contribution in [-0.2, 0) is 14.3 Å². The molecule has 0 radical (unpaired) electrons. The molecule has 4 heterocycles. The molecule has 1 N–H and O–H groups in total. The van der Waals surface area contributed by atoms with Crippen molar-refractivity contribution in [3.63, 3.8) is 0 Å². The summed E-state index contributed by atoms with van der Waals surface area (Å²) >= 11 is 6.32. The predicted octanol–water partition coefficient (Wildman–Crippen LogP) is 14.1. The van der Waals surface area contributed by atoms with Gasteiger partial charge < -0.3 is 19.5 Å². The maximum absolute atomic E-state index is 11.3. The van der Waals surface area contributed by atoms with Crippen LogP contribution < -0.4 is 9.64 Å². The fraction of sp³-hybridized carbons (Fsp3) is 0.125. The Hall–Kier alpha value is -6.54. The van der Waals surface area contributed by atoms with Crippen molar-refractivity contribution in [3.05, 3.63) is 142 Å². The Morgan fingerprint density at radius 1 is 0.617 bits per heavy atom. The second kappa shape index (κ2) is 19.9. The number of benzene rings is 3. The maximum Gasteiger partial charge on any atom is 0.346 e. The smallest absolute Gasteiger partial charge is 0.346 e. The van der Waals surface area contributed by atoms with Gasteiger partial charge in [-0.1, -0.05) is 50.5 Å². The summed E-state index contributed by atoms with van der Waals surface area (Å²) in [6, 6.07) is 45.0. The van der Waals surface area contributed by atoms with E-state index in [2.05, 4.69) is 96.8 Å². The highest BCUT2D eigenvalue weighted by Crippen LogP contribution is 2.42. The van der Waals surface area contributed by atoms with Crippen LogP contribution >= 0.6 is 45.3 Å². The van der Waals surface area contributed by atoms with Crippen molar-refractivity contribution in [2.45, 2.75) is 32.6 Å². The molecular formula is C48H37N3O5S4. The number of thiophene rings is 4. The van der Waals surface area contributed by atoms with Gasteiger partial charge in [0.05, 0.1) is 6.61 Å². The highest BCUT2D eigenvalue weighted by molar-refractivity contribution is 7.24. The highest BCUT2D eigenvalue weighted by Gasteiger charge is 2.16. The average molecular weight is 864 g/mol. The van der Waals surface area contributed by atoms with Crippen molar-refractivity contribution in [2.24, 2.45) is 0 Å². The zero-order valence-corrected chi connectivity index (χ0v) is 35.6. The van der Waals surface area contributed by atoms with Crippen LogP contribution in [0.25, 0.3) is 52.5 Å². The van der Waals surface area contributed by atoms with E-state index >= 15 is 0 Å². The van der Waals surface area contributed by atoms with Gasteiger partial charge in [0.1, 0.15) is 23.5 Å². The van der Waals surface area contributed by atoms with Crippen molar-refractivity contribution in [1.29, 1.82) is 10.5 Å².